The van der Waals surface area contributed by atoms with Gasteiger partial charge in [-0.05, 0) is 42.3 Å². The minimum atomic E-state index is -3.73. The van der Waals surface area contributed by atoms with Crippen LogP contribution in [0.1, 0.15) is 11.1 Å². The van der Waals surface area contributed by atoms with Gasteiger partial charge in [-0.2, -0.15) is 0 Å². The number of anilines is 1. The van der Waals surface area contributed by atoms with Gasteiger partial charge < -0.3 is 5.73 Å². The highest BCUT2D eigenvalue weighted by Crippen LogP contribution is 2.26. The Morgan fingerprint density at radius 3 is 2.38 bits per heavy atom. The fraction of sp³-hybridized carbons (Fsp3) is 0.143. The van der Waals surface area contributed by atoms with E-state index in [0.29, 0.717) is 10.7 Å². The van der Waals surface area contributed by atoms with Gasteiger partial charge in [-0.15, -0.1) is 0 Å². The van der Waals surface area contributed by atoms with Crippen LogP contribution in [0.4, 0.5) is 5.69 Å². The molecule has 0 bridgehead atoms. The Bertz CT molecular complexity index is 759. The topological polar surface area (TPSA) is 72.2 Å². The summed E-state index contributed by atoms with van der Waals surface area (Å²) in [5.41, 5.74) is 7.65. The van der Waals surface area contributed by atoms with Crippen LogP contribution in [0.25, 0.3) is 0 Å². The number of nitrogens with two attached hydrogens (primary N) is 1. The largest absolute Gasteiger partial charge is 0.398 e. The van der Waals surface area contributed by atoms with Crippen LogP contribution >= 0.6 is 23.2 Å². The van der Waals surface area contributed by atoms with E-state index in [1.54, 1.807) is 31.2 Å². The maximum atomic E-state index is 12.3. The monoisotopic (exact) mass is 344 g/mol. The predicted molar refractivity (Wildman–Crippen MR) is 86.1 cm³/mol. The first-order valence-corrected chi connectivity index (χ1v) is 8.33. The van der Waals surface area contributed by atoms with Crippen molar-refractivity contribution in [1.82, 2.24) is 4.72 Å². The zero-order valence-electron chi connectivity index (χ0n) is 11.2. The molecule has 0 saturated heterocycles. The lowest BCUT2D eigenvalue weighted by atomic mass is 10.2. The van der Waals surface area contributed by atoms with Crippen molar-refractivity contribution in [3.8, 4) is 0 Å². The van der Waals surface area contributed by atoms with Crippen molar-refractivity contribution >= 4 is 38.9 Å². The summed E-state index contributed by atoms with van der Waals surface area (Å²) in [7, 11) is -3.73. The lowest BCUT2D eigenvalue weighted by Crippen LogP contribution is -2.23. The molecule has 0 heterocycles. The van der Waals surface area contributed by atoms with Crippen molar-refractivity contribution in [1.29, 1.82) is 0 Å². The Hall–Kier alpha value is -1.27. The maximum absolute atomic E-state index is 12.3. The molecule has 3 N–H and O–H groups in total. The third-order valence-corrected chi connectivity index (χ3v) is 5.11. The van der Waals surface area contributed by atoms with Crippen molar-refractivity contribution in [3.05, 3.63) is 57.6 Å². The van der Waals surface area contributed by atoms with Crippen LogP contribution in [0.3, 0.4) is 0 Å². The Balaban J connectivity index is 2.22. The number of sulfonamides is 1. The molecule has 0 amide bonds. The Kier molecular flexibility index (Phi) is 4.78. The van der Waals surface area contributed by atoms with Crippen LogP contribution in [-0.4, -0.2) is 8.42 Å². The molecule has 0 aliphatic heterocycles. The number of rotatable bonds is 4. The first-order valence-electron chi connectivity index (χ1n) is 6.09. The molecule has 0 atom stereocenters. The van der Waals surface area contributed by atoms with Gasteiger partial charge >= 0.3 is 0 Å². The first kappa shape index (κ1) is 16.1. The Labute approximate surface area is 133 Å². The minimum absolute atomic E-state index is 0.0266. The van der Waals surface area contributed by atoms with Crippen LogP contribution < -0.4 is 10.5 Å². The Morgan fingerprint density at radius 2 is 1.76 bits per heavy atom. The van der Waals surface area contributed by atoms with Crippen LogP contribution in [-0.2, 0) is 16.6 Å². The van der Waals surface area contributed by atoms with Gasteiger partial charge in [0.25, 0.3) is 0 Å². The smallest absolute Gasteiger partial charge is 0.242 e. The van der Waals surface area contributed by atoms with E-state index in [-0.39, 0.29) is 16.5 Å². The Morgan fingerprint density at radius 1 is 1.14 bits per heavy atom. The zero-order valence-corrected chi connectivity index (χ0v) is 13.6. The van der Waals surface area contributed by atoms with Crippen molar-refractivity contribution in [2.75, 3.05) is 5.73 Å². The molecule has 21 heavy (non-hydrogen) atoms. The molecule has 2 aromatic carbocycles. The van der Waals surface area contributed by atoms with Gasteiger partial charge in [0.1, 0.15) is 4.90 Å². The molecule has 0 aliphatic rings. The summed E-state index contributed by atoms with van der Waals surface area (Å²) >= 11 is 11.8. The summed E-state index contributed by atoms with van der Waals surface area (Å²) in [4.78, 5) is -0.0266. The maximum Gasteiger partial charge on any atom is 0.242 e. The van der Waals surface area contributed by atoms with E-state index in [4.69, 9.17) is 28.9 Å². The average molecular weight is 345 g/mol. The van der Waals surface area contributed by atoms with Gasteiger partial charge in [0.05, 0.1) is 5.02 Å². The molecule has 0 spiro atoms. The number of benzene rings is 2. The molecule has 0 unspecified atom stereocenters. The average Bonchev–Trinajstić information content (AvgIpc) is 2.42. The van der Waals surface area contributed by atoms with Gasteiger partial charge in [0.15, 0.2) is 0 Å². The molecular weight excluding hydrogens is 331 g/mol. The van der Waals surface area contributed by atoms with E-state index in [9.17, 15) is 8.42 Å². The molecule has 2 rings (SSSR count). The second kappa shape index (κ2) is 6.23. The van der Waals surface area contributed by atoms with E-state index in [0.717, 1.165) is 11.1 Å². The van der Waals surface area contributed by atoms with Crippen molar-refractivity contribution < 1.29 is 8.42 Å². The minimum Gasteiger partial charge on any atom is -0.398 e. The quantitative estimate of drug-likeness (QED) is 0.835. The molecule has 0 aromatic heterocycles. The van der Waals surface area contributed by atoms with Crippen molar-refractivity contribution in [3.63, 3.8) is 0 Å². The van der Waals surface area contributed by atoms with Gasteiger partial charge in [0.2, 0.25) is 10.0 Å². The second-order valence-corrected chi connectivity index (χ2v) is 7.17. The zero-order chi connectivity index (χ0) is 15.6. The van der Waals surface area contributed by atoms with E-state index < -0.39 is 10.0 Å². The summed E-state index contributed by atoms with van der Waals surface area (Å²) in [6.45, 7) is 1.91. The molecular formula is C14H14Cl2N2O2S. The number of hydrogen-bond acceptors (Lipinski definition) is 3. The lowest BCUT2D eigenvalue weighted by Gasteiger charge is -2.10. The van der Waals surface area contributed by atoms with Gasteiger partial charge in [0, 0.05) is 17.3 Å². The fourth-order valence-corrected chi connectivity index (χ4v) is 3.49. The standard InChI is InChI=1S/C14H14Cl2N2O2S/c1-9-6-12(16)14(7-13(9)17)21(19,20)18-8-10-2-4-11(15)5-3-10/h2-7,18H,8,17H2,1H3. The summed E-state index contributed by atoms with van der Waals surface area (Å²) in [5.74, 6) is 0. The highest BCUT2D eigenvalue weighted by molar-refractivity contribution is 7.89. The number of aryl methyl sites for hydroxylation is 1. The van der Waals surface area contributed by atoms with Crippen LogP contribution in [0, 0.1) is 6.92 Å². The highest BCUT2D eigenvalue weighted by atomic mass is 35.5. The molecule has 7 heteroatoms. The number of halogens is 2. The van der Waals surface area contributed by atoms with Gasteiger partial charge in [-0.1, -0.05) is 35.3 Å². The van der Waals surface area contributed by atoms with E-state index in [1.165, 1.54) is 12.1 Å². The molecule has 0 saturated carbocycles. The van der Waals surface area contributed by atoms with E-state index in [2.05, 4.69) is 4.72 Å². The molecule has 0 aliphatic carbocycles. The summed E-state index contributed by atoms with van der Waals surface area (Å²) in [6.07, 6.45) is 0. The van der Waals surface area contributed by atoms with Gasteiger partial charge in [-0.25, -0.2) is 13.1 Å². The normalized spacial score (nSPS) is 11.6. The van der Waals surface area contributed by atoms with Crippen molar-refractivity contribution in [2.45, 2.75) is 18.4 Å². The molecule has 0 radical (unpaired) electrons. The third kappa shape index (κ3) is 3.89. The number of nitrogens with one attached hydrogen (secondary N) is 1. The molecule has 2 aromatic rings. The van der Waals surface area contributed by atoms with Gasteiger partial charge in [-0.3, -0.25) is 0 Å². The molecule has 112 valence electrons. The van der Waals surface area contributed by atoms with E-state index >= 15 is 0 Å². The van der Waals surface area contributed by atoms with Crippen LogP contribution in [0.15, 0.2) is 41.3 Å². The van der Waals surface area contributed by atoms with Crippen LogP contribution in [0.5, 0.6) is 0 Å². The van der Waals surface area contributed by atoms with Crippen LogP contribution in [0.2, 0.25) is 10.0 Å². The third-order valence-electron chi connectivity index (χ3n) is 2.99. The van der Waals surface area contributed by atoms with E-state index in [1.807, 2.05) is 0 Å². The number of nitrogen functional groups attached to an aromatic ring is 1. The summed E-state index contributed by atoms with van der Waals surface area (Å²) < 4.78 is 27.0. The highest BCUT2D eigenvalue weighted by Gasteiger charge is 2.19. The molecule has 0 fully saturated rings. The second-order valence-electron chi connectivity index (χ2n) is 4.59. The summed E-state index contributed by atoms with van der Waals surface area (Å²) in [6, 6.07) is 9.78. The predicted octanol–water partition coefficient (Wildman–Crippen LogP) is 3.36. The fourth-order valence-electron chi connectivity index (χ4n) is 1.73. The SMILES string of the molecule is Cc1cc(Cl)c(S(=O)(=O)NCc2ccc(Cl)cc2)cc1N. The van der Waals surface area contributed by atoms with Crippen molar-refractivity contribution in [2.24, 2.45) is 0 Å². The lowest BCUT2D eigenvalue weighted by molar-refractivity contribution is 0.581. The first-order chi connectivity index (χ1) is 9.79. The number of hydrogen-bond donors (Lipinski definition) is 2. The molecule has 4 nitrogen and oxygen atoms in total. The summed E-state index contributed by atoms with van der Waals surface area (Å²) in [5, 5.41) is 0.737.